The zero-order valence-electron chi connectivity index (χ0n) is 10.2. The fraction of sp³-hybridized carbons (Fsp3) is 0.0833. The molecule has 2 heterocycles. The Hall–Kier alpha value is -3.03. The Morgan fingerprint density at radius 1 is 1.10 bits per heavy atom. The average Bonchev–Trinajstić information content (AvgIpc) is 3.13. The van der Waals surface area contributed by atoms with Crippen molar-refractivity contribution in [3.63, 3.8) is 0 Å². The van der Waals surface area contributed by atoms with E-state index in [9.17, 15) is 9.59 Å². The van der Waals surface area contributed by atoms with E-state index in [-0.39, 0.29) is 12.5 Å². The molecule has 20 heavy (non-hydrogen) atoms. The summed E-state index contributed by atoms with van der Waals surface area (Å²) in [6, 6.07) is 6.24. The first kappa shape index (κ1) is 12.0. The number of carbonyl (C=O) groups is 2. The Labute approximate surface area is 113 Å². The van der Waals surface area contributed by atoms with E-state index in [0.29, 0.717) is 17.1 Å². The van der Waals surface area contributed by atoms with Gasteiger partial charge in [0.1, 0.15) is 5.69 Å². The zero-order valence-corrected chi connectivity index (χ0v) is 10.2. The van der Waals surface area contributed by atoms with Crippen LogP contribution in [-0.2, 0) is 0 Å². The molecule has 1 aliphatic rings. The largest absolute Gasteiger partial charge is 0.454 e. The number of amides is 2. The standard InChI is InChI=1S/C12H10N4O4/c17-11(15-16-12(18)8-3-4-13-14-8)7-1-2-9-10(5-7)20-6-19-9/h1-5H,6H2,(H,13,14)(H,15,17)(H,16,18). The molecule has 0 atom stereocenters. The SMILES string of the molecule is O=C(NNC(=O)c1ccn[nH]1)c1ccc2c(c1)OCO2. The third-order valence-electron chi connectivity index (χ3n) is 2.67. The second-order valence-electron chi connectivity index (χ2n) is 3.95. The van der Waals surface area contributed by atoms with Crippen LogP contribution in [0.3, 0.4) is 0 Å². The molecule has 1 aromatic carbocycles. The monoisotopic (exact) mass is 274 g/mol. The highest BCUT2D eigenvalue weighted by Gasteiger charge is 2.16. The van der Waals surface area contributed by atoms with Crippen LogP contribution in [0.25, 0.3) is 0 Å². The Morgan fingerprint density at radius 3 is 2.70 bits per heavy atom. The molecule has 2 aromatic rings. The van der Waals surface area contributed by atoms with Crippen molar-refractivity contribution in [1.29, 1.82) is 0 Å². The lowest BCUT2D eigenvalue weighted by Crippen LogP contribution is -2.41. The summed E-state index contributed by atoms with van der Waals surface area (Å²) in [5.41, 5.74) is 5.16. The lowest BCUT2D eigenvalue weighted by molar-refractivity contribution is 0.0844. The van der Waals surface area contributed by atoms with Crippen molar-refractivity contribution in [2.75, 3.05) is 6.79 Å². The lowest BCUT2D eigenvalue weighted by Gasteiger charge is -2.06. The minimum atomic E-state index is -0.489. The number of H-pyrrole nitrogens is 1. The van der Waals surface area contributed by atoms with Gasteiger partial charge in [-0.2, -0.15) is 5.10 Å². The number of carbonyl (C=O) groups excluding carboxylic acids is 2. The van der Waals surface area contributed by atoms with Gasteiger partial charge in [-0.05, 0) is 24.3 Å². The molecule has 3 rings (SSSR count). The fourth-order valence-electron chi connectivity index (χ4n) is 1.67. The first-order valence-electron chi connectivity index (χ1n) is 5.74. The molecule has 2 amide bonds. The highest BCUT2D eigenvalue weighted by atomic mass is 16.7. The molecule has 0 fully saturated rings. The smallest absolute Gasteiger partial charge is 0.287 e. The fourth-order valence-corrected chi connectivity index (χ4v) is 1.67. The normalized spacial score (nSPS) is 12.0. The van der Waals surface area contributed by atoms with Gasteiger partial charge >= 0.3 is 0 Å². The molecule has 0 radical (unpaired) electrons. The van der Waals surface area contributed by atoms with Crippen molar-refractivity contribution in [1.82, 2.24) is 21.0 Å². The first-order valence-corrected chi connectivity index (χ1v) is 5.74. The Bertz CT molecular complexity index is 653. The van der Waals surface area contributed by atoms with Crippen LogP contribution in [0.1, 0.15) is 20.8 Å². The van der Waals surface area contributed by atoms with Gasteiger partial charge in [-0.25, -0.2) is 0 Å². The summed E-state index contributed by atoms with van der Waals surface area (Å²) in [6.07, 6.45) is 1.44. The molecule has 0 aliphatic carbocycles. The minimum absolute atomic E-state index is 0.136. The number of nitrogens with one attached hydrogen (secondary N) is 3. The van der Waals surface area contributed by atoms with Gasteiger partial charge in [0.2, 0.25) is 6.79 Å². The molecule has 1 aromatic heterocycles. The van der Waals surface area contributed by atoms with Crippen LogP contribution in [0.4, 0.5) is 0 Å². The van der Waals surface area contributed by atoms with Gasteiger partial charge in [0, 0.05) is 11.8 Å². The maximum Gasteiger partial charge on any atom is 0.287 e. The molecular weight excluding hydrogens is 264 g/mol. The maximum absolute atomic E-state index is 11.9. The highest BCUT2D eigenvalue weighted by molar-refractivity contribution is 5.98. The van der Waals surface area contributed by atoms with Gasteiger partial charge in [0.15, 0.2) is 11.5 Å². The van der Waals surface area contributed by atoms with E-state index >= 15 is 0 Å². The van der Waals surface area contributed by atoms with Gasteiger partial charge in [-0.15, -0.1) is 0 Å². The summed E-state index contributed by atoms with van der Waals surface area (Å²) >= 11 is 0. The topological polar surface area (TPSA) is 105 Å². The second kappa shape index (κ2) is 4.92. The minimum Gasteiger partial charge on any atom is -0.454 e. The first-order chi connectivity index (χ1) is 9.74. The number of nitrogens with zero attached hydrogens (tertiary/aromatic N) is 1. The Kier molecular flexibility index (Phi) is 2.96. The van der Waals surface area contributed by atoms with Crippen molar-refractivity contribution >= 4 is 11.8 Å². The summed E-state index contributed by atoms with van der Waals surface area (Å²) in [7, 11) is 0. The summed E-state index contributed by atoms with van der Waals surface area (Å²) in [4.78, 5) is 23.5. The van der Waals surface area contributed by atoms with E-state index in [4.69, 9.17) is 9.47 Å². The molecule has 0 saturated carbocycles. The summed E-state index contributed by atoms with van der Waals surface area (Å²) < 4.78 is 10.3. The summed E-state index contributed by atoms with van der Waals surface area (Å²) in [5, 5.41) is 6.12. The van der Waals surface area contributed by atoms with Gasteiger partial charge in [-0.3, -0.25) is 25.5 Å². The predicted octanol–water partition coefficient (Wildman–Crippen LogP) is 0.213. The molecule has 0 unspecified atom stereocenters. The van der Waals surface area contributed by atoms with Gasteiger partial charge in [-0.1, -0.05) is 0 Å². The number of fused-ring (bicyclic) bond motifs is 1. The van der Waals surface area contributed by atoms with E-state index in [0.717, 1.165) is 0 Å². The summed E-state index contributed by atoms with van der Waals surface area (Å²) in [5.74, 6) is 0.133. The van der Waals surface area contributed by atoms with Crippen LogP contribution >= 0.6 is 0 Å². The number of hydrogen-bond donors (Lipinski definition) is 3. The number of rotatable bonds is 2. The molecule has 102 valence electrons. The molecule has 0 spiro atoms. The van der Waals surface area contributed by atoms with E-state index in [1.807, 2.05) is 0 Å². The van der Waals surface area contributed by atoms with Crippen molar-refractivity contribution in [3.8, 4) is 11.5 Å². The van der Waals surface area contributed by atoms with E-state index in [1.54, 1.807) is 18.2 Å². The van der Waals surface area contributed by atoms with Crippen LogP contribution in [0.5, 0.6) is 11.5 Å². The lowest BCUT2D eigenvalue weighted by atomic mass is 10.2. The number of benzene rings is 1. The van der Waals surface area contributed by atoms with Crippen molar-refractivity contribution in [3.05, 3.63) is 41.7 Å². The van der Waals surface area contributed by atoms with Crippen molar-refractivity contribution in [2.24, 2.45) is 0 Å². The zero-order chi connectivity index (χ0) is 13.9. The Balaban J connectivity index is 1.63. The summed E-state index contributed by atoms with van der Waals surface area (Å²) in [6.45, 7) is 0.136. The average molecular weight is 274 g/mol. The predicted molar refractivity (Wildman–Crippen MR) is 66.1 cm³/mol. The number of aromatic amines is 1. The highest BCUT2D eigenvalue weighted by Crippen LogP contribution is 2.32. The maximum atomic E-state index is 11.9. The molecule has 8 heteroatoms. The molecule has 0 bridgehead atoms. The quantitative estimate of drug-likeness (QED) is 0.679. The number of ether oxygens (including phenoxy) is 2. The van der Waals surface area contributed by atoms with E-state index in [2.05, 4.69) is 21.0 Å². The van der Waals surface area contributed by atoms with Crippen LogP contribution in [0.15, 0.2) is 30.5 Å². The van der Waals surface area contributed by atoms with E-state index < -0.39 is 11.8 Å². The van der Waals surface area contributed by atoms with Crippen LogP contribution in [-0.4, -0.2) is 28.8 Å². The number of hydrazine groups is 1. The van der Waals surface area contributed by atoms with E-state index in [1.165, 1.54) is 12.3 Å². The molecule has 0 saturated heterocycles. The van der Waals surface area contributed by atoms with Crippen molar-refractivity contribution in [2.45, 2.75) is 0 Å². The molecular formula is C12H10N4O4. The third-order valence-corrected chi connectivity index (χ3v) is 2.67. The van der Waals surface area contributed by atoms with Gasteiger partial charge in [0.25, 0.3) is 11.8 Å². The molecule has 1 aliphatic heterocycles. The Morgan fingerprint density at radius 2 is 1.90 bits per heavy atom. The van der Waals surface area contributed by atoms with Crippen molar-refractivity contribution < 1.29 is 19.1 Å². The third kappa shape index (κ3) is 2.26. The van der Waals surface area contributed by atoms with Crippen LogP contribution in [0, 0.1) is 0 Å². The van der Waals surface area contributed by atoms with Crippen LogP contribution in [0.2, 0.25) is 0 Å². The number of aromatic nitrogens is 2. The number of hydrogen-bond acceptors (Lipinski definition) is 5. The van der Waals surface area contributed by atoms with Crippen LogP contribution < -0.4 is 20.3 Å². The molecule has 8 nitrogen and oxygen atoms in total. The second-order valence-corrected chi connectivity index (χ2v) is 3.95. The molecule has 3 N–H and O–H groups in total. The van der Waals surface area contributed by atoms with Gasteiger partial charge < -0.3 is 9.47 Å². The van der Waals surface area contributed by atoms with Gasteiger partial charge in [0.05, 0.1) is 0 Å².